The van der Waals surface area contributed by atoms with Gasteiger partial charge in [-0.2, -0.15) is 0 Å². The van der Waals surface area contributed by atoms with Crippen LogP contribution in [0.4, 0.5) is 5.69 Å². The zero-order valence-electron chi connectivity index (χ0n) is 10.8. The predicted molar refractivity (Wildman–Crippen MR) is 75.1 cm³/mol. The Labute approximate surface area is 104 Å². The van der Waals surface area contributed by atoms with Gasteiger partial charge in [0.25, 0.3) is 0 Å². The fraction of sp³-hybridized carbons (Fsp3) is 0.375. The van der Waals surface area contributed by atoms with Crippen molar-refractivity contribution in [1.29, 1.82) is 0 Å². The van der Waals surface area contributed by atoms with E-state index in [1.165, 1.54) is 30.5 Å². The summed E-state index contributed by atoms with van der Waals surface area (Å²) < 4.78 is 0. The Morgan fingerprint density at radius 1 is 1.24 bits per heavy atom. The minimum atomic E-state index is 0.515. The van der Waals surface area contributed by atoms with Crippen molar-refractivity contribution in [2.24, 2.45) is 0 Å². The Bertz CT molecular complexity index is 399. The van der Waals surface area contributed by atoms with Crippen molar-refractivity contribution in [1.82, 2.24) is 0 Å². The summed E-state index contributed by atoms with van der Waals surface area (Å²) in [6, 6.07) is 11.2. The lowest BCUT2D eigenvalue weighted by Gasteiger charge is -2.31. The van der Waals surface area contributed by atoms with Gasteiger partial charge in [0.2, 0.25) is 0 Å². The van der Waals surface area contributed by atoms with E-state index in [-0.39, 0.29) is 0 Å². The van der Waals surface area contributed by atoms with Crippen LogP contribution in [0.5, 0.6) is 0 Å². The van der Waals surface area contributed by atoms with E-state index < -0.39 is 0 Å². The van der Waals surface area contributed by atoms with Gasteiger partial charge < -0.3 is 4.90 Å². The Morgan fingerprint density at radius 3 is 2.59 bits per heavy atom. The molecule has 0 aromatic heterocycles. The summed E-state index contributed by atoms with van der Waals surface area (Å²) in [5.74, 6) is 0. The normalized spacial score (nSPS) is 18.8. The van der Waals surface area contributed by atoms with E-state index in [2.05, 4.69) is 67.4 Å². The minimum absolute atomic E-state index is 0.515. The molecule has 1 atom stereocenters. The summed E-state index contributed by atoms with van der Waals surface area (Å²) in [5, 5.41) is 0. The van der Waals surface area contributed by atoms with Crippen LogP contribution < -0.4 is 4.90 Å². The van der Waals surface area contributed by atoms with Gasteiger partial charge in [0, 0.05) is 11.9 Å². The fourth-order valence-corrected chi connectivity index (χ4v) is 2.27. The highest BCUT2D eigenvalue weighted by Crippen LogP contribution is 2.24. The monoisotopic (exact) mass is 227 g/mol. The first-order valence-electron chi connectivity index (χ1n) is 6.42. The Hall–Kier alpha value is -1.50. The highest BCUT2D eigenvalue weighted by molar-refractivity contribution is 5.51. The van der Waals surface area contributed by atoms with Gasteiger partial charge in [-0.25, -0.2) is 0 Å². The molecule has 17 heavy (non-hydrogen) atoms. The number of allylic oxidation sites excluding steroid dienone is 2. The molecule has 0 N–H and O–H groups in total. The molecule has 0 spiro atoms. The number of benzene rings is 1. The molecule has 1 nitrogen and oxygen atoms in total. The van der Waals surface area contributed by atoms with Crippen molar-refractivity contribution in [3.8, 4) is 0 Å². The molecule has 1 unspecified atom stereocenters. The molecule has 0 bridgehead atoms. The molecule has 0 radical (unpaired) electrons. The van der Waals surface area contributed by atoms with Crippen LogP contribution in [0.25, 0.3) is 0 Å². The number of hydrogen-bond donors (Lipinski definition) is 0. The Balaban J connectivity index is 2.28. The van der Waals surface area contributed by atoms with Gasteiger partial charge >= 0.3 is 0 Å². The van der Waals surface area contributed by atoms with Gasteiger partial charge in [0.15, 0.2) is 0 Å². The van der Waals surface area contributed by atoms with Crippen LogP contribution in [0.3, 0.4) is 0 Å². The second-order valence-electron chi connectivity index (χ2n) is 4.88. The quantitative estimate of drug-likeness (QED) is 0.686. The van der Waals surface area contributed by atoms with Crippen LogP contribution in [0.2, 0.25) is 0 Å². The fourth-order valence-electron chi connectivity index (χ4n) is 2.27. The van der Waals surface area contributed by atoms with Gasteiger partial charge in [0.05, 0.1) is 6.04 Å². The maximum Gasteiger partial charge on any atom is 0.0516 e. The highest BCUT2D eigenvalue weighted by Gasteiger charge is 2.16. The van der Waals surface area contributed by atoms with E-state index in [1.807, 2.05) is 0 Å². The van der Waals surface area contributed by atoms with E-state index in [0.717, 1.165) is 0 Å². The van der Waals surface area contributed by atoms with Crippen LogP contribution >= 0.6 is 0 Å². The molecule has 1 aromatic rings. The first-order chi connectivity index (χ1) is 8.27. The standard InChI is InChI=1S/C16H21N/c1-14(2)13-17(15-9-5-3-6-10-15)16-11-7-4-8-12-16/h3,5-7,9-11,13,16H,4,8,12H2,1-2H3. The lowest BCUT2D eigenvalue weighted by atomic mass is 10.0. The van der Waals surface area contributed by atoms with Crippen molar-refractivity contribution in [2.45, 2.75) is 39.2 Å². The number of anilines is 1. The molecule has 1 heteroatoms. The van der Waals surface area contributed by atoms with Gasteiger partial charge in [-0.3, -0.25) is 0 Å². The molecule has 1 aromatic carbocycles. The third-order valence-corrected chi connectivity index (χ3v) is 3.04. The zero-order valence-corrected chi connectivity index (χ0v) is 10.8. The molecule has 0 saturated heterocycles. The largest absolute Gasteiger partial charge is 0.341 e. The maximum atomic E-state index is 2.39. The van der Waals surface area contributed by atoms with Crippen molar-refractivity contribution < 1.29 is 0 Å². The predicted octanol–water partition coefficient (Wildman–Crippen LogP) is 4.53. The molecule has 0 heterocycles. The average Bonchev–Trinajstić information content (AvgIpc) is 2.38. The van der Waals surface area contributed by atoms with Crippen molar-refractivity contribution in [3.63, 3.8) is 0 Å². The molecular formula is C16H21N. The zero-order chi connectivity index (χ0) is 12.1. The van der Waals surface area contributed by atoms with Crippen molar-refractivity contribution in [2.75, 3.05) is 4.90 Å². The van der Waals surface area contributed by atoms with E-state index in [1.54, 1.807) is 0 Å². The Kier molecular flexibility index (Phi) is 4.03. The van der Waals surface area contributed by atoms with Crippen molar-refractivity contribution in [3.05, 3.63) is 54.3 Å². The average molecular weight is 227 g/mol. The molecular weight excluding hydrogens is 206 g/mol. The minimum Gasteiger partial charge on any atom is -0.341 e. The number of para-hydroxylation sites is 1. The van der Waals surface area contributed by atoms with Gasteiger partial charge in [-0.05, 0) is 45.2 Å². The van der Waals surface area contributed by atoms with Crippen LogP contribution in [0.15, 0.2) is 54.3 Å². The maximum absolute atomic E-state index is 2.39. The molecule has 0 saturated carbocycles. The molecule has 0 aliphatic heterocycles. The molecule has 1 aliphatic carbocycles. The molecule has 0 fully saturated rings. The van der Waals surface area contributed by atoms with Crippen LogP contribution in [0.1, 0.15) is 33.1 Å². The molecule has 0 amide bonds. The summed E-state index contributed by atoms with van der Waals surface area (Å²) in [7, 11) is 0. The summed E-state index contributed by atoms with van der Waals surface area (Å²) in [5.41, 5.74) is 2.62. The van der Waals surface area contributed by atoms with E-state index in [0.29, 0.717) is 6.04 Å². The molecule has 2 rings (SSSR count). The lowest BCUT2D eigenvalue weighted by Crippen LogP contribution is -2.30. The van der Waals surface area contributed by atoms with E-state index in [4.69, 9.17) is 0 Å². The van der Waals surface area contributed by atoms with Crippen LogP contribution in [-0.2, 0) is 0 Å². The summed E-state index contributed by atoms with van der Waals surface area (Å²) >= 11 is 0. The first-order valence-corrected chi connectivity index (χ1v) is 6.42. The van der Waals surface area contributed by atoms with E-state index >= 15 is 0 Å². The van der Waals surface area contributed by atoms with Crippen molar-refractivity contribution >= 4 is 5.69 Å². The lowest BCUT2D eigenvalue weighted by molar-refractivity contribution is 0.627. The summed E-state index contributed by atoms with van der Waals surface area (Å²) in [4.78, 5) is 2.39. The number of hydrogen-bond acceptors (Lipinski definition) is 1. The molecule has 1 aliphatic rings. The topological polar surface area (TPSA) is 3.24 Å². The third-order valence-electron chi connectivity index (χ3n) is 3.04. The van der Waals surface area contributed by atoms with Crippen LogP contribution in [0, 0.1) is 0 Å². The number of rotatable bonds is 3. The Morgan fingerprint density at radius 2 is 2.00 bits per heavy atom. The van der Waals surface area contributed by atoms with Gasteiger partial charge in [0.1, 0.15) is 0 Å². The van der Waals surface area contributed by atoms with Gasteiger partial charge in [-0.1, -0.05) is 35.9 Å². The van der Waals surface area contributed by atoms with Gasteiger partial charge in [-0.15, -0.1) is 0 Å². The second kappa shape index (κ2) is 5.72. The smallest absolute Gasteiger partial charge is 0.0516 e. The van der Waals surface area contributed by atoms with E-state index in [9.17, 15) is 0 Å². The third kappa shape index (κ3) is 3.23. The first kappa shape index (κ1) is 12.0. The number of nitrogens with zero attached hydrogens (tertiary/aromatic N) is 1. The molecule has 90 valence electrons. The summed E-state index contributed by atoms with van der Waals surface area (Å²) in [6.45, 7) is 4.31. The van der Waals surface area contributed by atoms with Crippen LogP contribution in [-0.4, -0.2) is 6.04 Å². The summed E-state index contributed by atoms with van der Waals surface area (Å²) in [6.07, 6.45) is 10.7. The second-order valence-corrected chi connectivity index (χ2v) is 4.88. The SMILES string of the molecule is CC(C)=CN(c1ccccc1)C1C=CCCC1. The highest BCUT2D eigenvalue weighted by atomic mass is 15.1.